The van der Waals surface area contributed by atoms with Crippen LogP contribution in [0.4, 0.5) is 5.95 Å². The minimum Gasteiger partial charge on any atom is -0.343 e. The van der Waals surface area contributed by atoms with Crippen LogP contribution < -0.4 is 4.90 Å². The van der Waals surface area contributed by atoms with Crippen molar-refractivity contribution in [3.8, 4) is 0 Å². The van der Waals surface area contributed by atoms with Crippen molar-refractivity contribution >= 4 is 17.0 Å². The molecule has 18 heavy (non-hydrogen) atoms. The van der Waals surface area contributed by atoms with Crippen LogP contribution in [0.3, 0.4) is 0 Å². The van der Waals surface area contributed by atoms with Gasteiger partial charge in [0.15, 0.2) is 0 Å². The standard InChI is InChI=1S/C15H23N3/c1-4-7-8-12-9-10-13-14(11-12)17-15(16-13)18(5-2)6-3/h9-11H,4-8H2,1-3H3,(H,16,17). The molecule has 1 aromatic heterocycles. The molecule has 0 saturated carbocycles. The minimum absolute atomic E-state index is 0.985. The number of unbranched alkanes of at least 4 members (excludes halogenated alkanes) is 1. The van der Waals surface area contributed by atoms with Gasteiger partial charge in [-0.25, -0.2) is 4.98 Å². The predicted octanol–water partition coefficient (Wildman–Crippen LogP) is 3.75. The average molecular weight is 245 g/mol. The number of aromatic amines is 1. The van der Waals surface area contributed by atoms with Gasteiger partial charge in [0.1, 0.15) is 0 Å². The second kappa shape index (κ2) is 5.89. The molecule has 2 aromatic rings. The summed E-state index contributed by atoms with van der Waals surface area (Å²) in [6.45, 7) is 8.51. The summed E-state index contributed by atoms with van der Waals surface area (Å²) in [6, 6.07) is 6.57. The number of hydrogen-bond acceptors (Lipinski definition) is 2. The maximum atomic E-state index is 4.65. The summed E-state index contributed by atoms with van der Waals surface area (Å²) in [4.78, 5) is 10.3. The van der Waals surface area contributed by atoms with Crippen molar-refractivity contribution in [1.82, 2.24) is 9.97 Å². The molecule has 3 heteroatoms. The van der Waals surface area contributed by atoms with Crippen LogP contribution in [-0.4, -0.2) is 23.1 Å². The number of nitrogens with one attached hydrogen (secondary N) is 1. The van der Waals surface area contributed by atoms with E-state index in [4.69, 9.17) is 0 Å². The minimum atomic E-state index is 0.985. The summed E-state index contributed by atoms with van der Waals surface area (Å²) in [5.41, 5.74) is 3.63. The van der Waals surface area contributed by atoms with Crippen molar-refractivity contribution in [2.75, 3.05) is 18.0 Å². The van der Waals surface area contributed by atoms with Crippen molar-refractivity contribution < 1.29 is 0 Å². The number of fused-ring (bicyclic) bond motifs is 1. The van der Waals surface area contributed by atoms with Crippen LogP contribution in [0, 0.1) is 0 Å². The highest BCUT2D eigenvalue weighted by atomic mass is 15.2. The van der Waals surface area contributed by atoms with E-state index >= 15 is 0 Å². The Kier molecular flexibility index (Phi) is 4.24. The molecule has 0 spiro atoms. The predicted molar refractivity (Wildman–Crippen MR) is 78.3 cm³/mol. The summed E-state index contributed by atoms with van der Waals surface area (Å²) >= 11 is 0. The summed E-state index contributed by atoms with van der Waals surface area (Å²) in [5, 5.41) is 0. The number of hydrogen-bond donors (Lipinski definition) is 1. The second-order valence-electron chi connectivity index (χ2n) is 4.69. The van der Waals surface area contributed by atoms with E-state index in [1.807, 2.05) is 0 Å². The monoisotopic (exact) mass is 245 g/mol. The first-order valence-electron chi connectivity index (χ1n) is 7.02. The lowest BCUT2D eigenvalue weighted by Gasteiger charge is -2.16. The molecule has 0 amide bonds. The lowest BCUT2D eigenvalue weighted by atomic mass is 10.1. The first-order chi connectivity index (χ1) is 8.78. The number of imidazole rings is 1. The topological polar surface area (TPSA) is 31.9 Å². The maximum Gasteiger partial charge on any atom is 0.203 e. The molecule has 1 N–H and O–H groups in total. The van der Waals surface area contributed by atoms with E-state index in [0.717, 1.165) is 36.5 Å². The number of aromatic nitrogens is 2. The molecule has 0 fully saturated rings. The van der Waals surface area contributed by atoms with Crippen LogP contribution >= 0.6 is 0 Å². The molecule has 0 unspecified atom stereocenters. The molecule has 0 aliphatic carbocycles. The molecule has 98 valence electrons. The molecule has 0 saturated heterocycles. The number of benzene rings is 1. The Balaban J connectivity index is 2.27. The number of rotatable bonds is 6. The van der Waals surface area contributed by atoms with Gasteiger partial charge in [0.25, 0.3) is 0 Å². The number of aryl methyl sites for hydroxylation is 1. The van der Waals surface area contributed by atoms with E-state index in [1.54, 1.807) is 0 Å². The van der Waals surface area contributed by atoms with Crippen LogP contribution in [0.2, 0.25) is 0 Å². The van der Waals surface area contributed by atoms with Gasteiger partial charge in [-0.15, -0.1) is 0 Å². The quantitative estimate of drug-likeness (QED) is 0.840. The van der Waals surface area contributed by atoms with Crippen molar-refractivity contribution in [2.24, 2.45) is 0 Å². The van der Waals surface area contributed by atoms with Crippen LogP contribution in [-0.2, 0) is 6.42 Å². The van der Waals surface area contributed by atoms with Gasteiger partial charge in [0.05, 0.1) is 11.0 Å². The normalized spacial score (nSPS) is 11.1. The van der Waals surface area contributed by atoms with Gasteiger partial charge in [0, 0.05) is 13.1 Å². The first-order valence-corrected chi connectivity index (χ1v) is 7.02. The van der Waals surface area contributed by atoms with Gasteiger partial charge in [-0.3, -0.25) is 0 Å². The summed E-state index contributed by atoms with van der Waals surface area (Å²) in [5.74, 6) is 0.989. The molecular formula is C15H23N3. The van der Waals surface area contributed by atoms with Gasteiger partial charge in [-0.1, -0.05) is 19.4 Å². The van der Waals surface area contributed by atoms with Crippen LogP contribution in [0.5, 0.6) is 0 Å². The first kappa shape index (κ1) is 12.9. The van der Waals surface area contributed by atoms with Crippen molar-refractivity contribution in [2.45, 2.75) is 40.0 Å². The molecule has 1 aromatic carbocycles. The zero-order valence-electron chi connectivity index (χ0n) is 11.7. The highest BCUT2D eigenvalue weighted by Crippen LogP contribution is 2.19. The number of anilines is 1. The third-order valence-corrected chi connectivity index (χ3v) is 3.42. The highest BCUT2D eigenvalue weighted by molar-refractivity contribution is 5.78. The lowest BCUT2D eigenvalue weighted by molar-refractivity contribution is 0.796. The highest BCUT2D eigenvalue weighted by Gasteiger charge is 2.08. The largest absolute Gasteiger partial charge is 0.343 e. The molecule has 1 heterocycles. The van der Waals surface area contributed by atoms with E-state index in [2.05, 4.69) is 53.8 Å². The van der Waals surface area contributed by atoms with E-state index in [1.165, 1.54) is 18.4 Å². The molecule has 0 aliphatic rings. The Morgan fingerprint density at radius 2 is 1.94 bits per heavy atom. The van der Waals surface area contributed by atoms with Crippen molar-refractivity contribution in [3.63, 3.8) is 0 Å². The lowest BCUT2D eigenvalue weighted by Crippen LogP contribution is -2.22. The third kappa shape index (κ3) is 2.66. The summed E-state index contributed by atoms with van der Waals surface area (Å²) < 4.78 is 0. The fraction of sp³-hybridized carbons (Fsp3) is 0.533. The van der Waals surface area contributed by atoms with Gasteiger partial charge in [0.2, 0.25) is 5.95 Å². The van der Waals surface area contributed by atoms with E-state index in [0.29, 0.717) is 0 Å². The van der Waals surface area contributed by atoms with E-state index in [9.17, 15) is 0 Å². The Labute approximate surface area is 109 Å². The molecular weight excluding hydrogens is 222 g/mol. The Morgan fingerprint density at radius 3 is 2.61 bits per heavy atom. The Hall–Kier alpha value is -1.51. The molecule has 0 bridgehead atoms. The molecule has 2 rings (SSSR count). The van der Waals surface area contributed by atoms with E-state index < -0.39 is 0 Å². The summed E-state index contributed by atoms with van der Waals surface area (Å²) in [6.07, 6.45) is 3.65. The molecule has 0 radical (unpaired) electrons. The molecule has 0 aliphatic heterocycles. The van der Waals surface area contributed by atoms with Crippen LogP contribution in [0.25, 0.3) is 11.0 Å². The maximum absolute atomic E-state index is 4.65. The zero-order valence-corrected chi connectivity index (χ0v) is 11.7. The fourth-order valence-electron chi connectivity index (χ4n) is 2.25. The second-order valence-corrected chi connectivity index (χ2v) is 4.69. The van der Waals surface area contributed by atoms with Gasteiger partial charge in [-0.2, -0.15) is 0 Å². The number of nitrogens with zero attached hydrogens (tertiary/aromatic N) is 2. The van der Waals surface area contributed by atoms with Crippen molar-refractivity contribution in [3.05, 3.63) is 23.8 Å². The zero-order chi connectivity index (χ0) is 13.0. The number of H-pyrrole nitrogens is 1. The third-order valence-electron chi connectivity index (χ3n) is 3.42. The molecule has 3 nitrogen and oxygen atoms in total. The average Bonchev–Trinajstić information content (AvgIpc) is 2.80. The van der Waals surface area contributed by atoms with E-state index in [-0.39, 0.29) is 0 Å². The molecule has 0 atom stereocenters. The van der Waals surface area contributed by atoms with Gasteiger partial charge >= 0.3 is 0 Å². The van der Waals surface area contributed by atoms with Gasteiger partial charge < -0.3 is 9.88 Å². The van der Waals surface area contributed by atoms with Crippen LogP contribution in [0.1, 0.15) is 39.2 Å². The van der Waals surface area contributed by atoms with Gasteiger partial charge in [-0.05, 0) is 44.4 Å². The van der Waals surface area contributed by atoms with Crippen molar-refractivity contribution in [1.29, 1.82) is 0 Å². The SMILES string of the molecule is CCCCc1ccc2nc(N(CC)CC)[nH]c2c1. The summed E-state index contributed by atoms with van der Waals surface area (Å²) in [7, 11) is 0. The van der Waals surface area contributed by atoms with Crippen LogP contribution in [0.15, 0.2) is 18.2 Å². The Morgan fingerprint density at radius 1 is 1.17 bits per heavy atom. The smallest absolute Gasteiger partial charge is 0.203 e. The Bertz CT molecular complexity index is 497. The fourth-order valence-corrected chi connectivity index (χ4v) is 2.25.